The first-order valence-electron chi connectivity index (χ1n) is 5.63. The van der Waals surface area contributed by atoms with Gasteiger partial charge >= 0.3 is 0 Å². The van der Waals surface area contributed by atoms with Crippen LogP contribution in [0.5, 0.6) is 5.88 Å². The first kappa shape index (κ1) is 14.7. The van der Waals surface area contributed by atoms with Gasteiger partial charge in [-0.05, 0) is 20.3 Å². The highest BCUT2D eigenvalue weighted by molar-refractivity contribution is 5.98. The molecule has 0 aliphatic rings. The molecule has 3 N–H and O–H groups in total. The van der Waals surface area contributed by atoms with Gasteiger partial charge in [0, 0.05) is 12.1 Å². The molecule has 1 aromatic rings. The lowest BCUT2D eigenvalue weighted by Crippen LogP contribution is -2.28. The fourth-order valence-corrected chi connectivity index (χ4v) is 1.23. The summed E-state index contributed by atoms with van der Waals surface area (Å²) in [6, 6.07) is 2.59. The molecule has 0 aliphatic carbocycles. The maximum Gasteiger partial charge on any atom is 0.299 e. The predicted octanol–water partition coefficient (Wildman–Crippen LogP) is 1.65. The molecule has 1 rings (SSSR count). The molecule has 0 atom stereocenters. The Labute approximate surface area is 110 Å². The maximum absolute atomic E-state index is 10.8. The van der Waals surface area contributed by atoms with E-state index in [1.807, 2.05) is 20.8 Å². The molecule has 0 radical (unpaired) electrons. The number of hydrogen-bond donors (Lipinski definition) is 2. The van der Waals surface area contributed by atoms with E-state index < -0.39 is 16.4 Å². The molecule has 0 unspecified atom stereocenters. The van der Waals surface area contributed by atoms with Crippen LogP contribution < -0.4 is 10.5 Å². The largest absolute Gasteiger partial charge is 0.472 e. The molecule has 0 spiro atoms. The van der Waals surface area contributed by atoms with Gasteiger partial charge in [0.25, 0.3) is 5.69 Å². The van der Waals surface area contributed by atoms with Crippen LogP contribution in [0, 0.1) is 10.1 Å². The number of aromatic nitrogens is 1. The molecule has 0 saturated heterocycles. The van der Waals surface area contributed by atoms with Gasteiger partial charge in [0.15, 0.2) is 11.5 Å². The summed E-state index contributed by atoms with van der Waals surface area (Å²) in [5, 5.41) is 22.2. The summed E-state index contributed by atoms with van der Waals surface area (Å²) in [6.07, 6.45) is 0.727. The quantitative estimate of drug-likeness (QED) is 0.275. The van der Waals surface area contributed by atoms with Crippen molar-refractivity contribution in [2.45, 2.75) is 32.8 Å². The summed E-state index contributed by atoms with van der Waals surface area (Å²) in [5.41, 5.74) is 4.33. The summed E-state index contributed by atoms with van der Waals surface area (Å²) in [7, 11) is 0. The summed E-state index contributed by atoms with van der Waals surface area (Å²) in [5.74, 6) is -0.259. The van der Waals surface area contributed by atoms with Crippen LogP contribution in [0.15, 0.2) is 17.3 Å². The molecule has 0 amide bonds. The number of nitrogens with two attached hydrogens (primary N) is 1. The third kappa shape index (κ3) is 3.54. The van der Waals surface area contributed by atoms with Gasteiger partial charge in [-0.15, -0.1) is 0 Å². The monoisotopic (exact) mass is 268 g/mol. The van der Waals surface area contributed by atoms with E-state index in [2.05, 4.69) is 10.1 Å². The fourth-order valence-electron chi connectivity index (χ4n) is 1.23. The molecule has 1 heterocycles. The molecule has 8 heteroatoms. The maximum atomic E-state index is 10.8. The zero-order valence-corrected chi connectivity index (χ0v) is 11.0. The Hall–Kier alpha value is -2.38. The van der Waals surface area contributed by atoms with E-state index in [4.69, 9.17) is 15.7 Å². The average molecular weight is 268 g/mol. The second kappa shape index (κ2) is 5.51. The molecule has 0 aliphatic heterocycles. The van der Waals surface area contributed by atoms with E-state index in [9.17, 15) is 10.1 Å². The standard InChI is InChI=1S/C11H16N4O4/c1-4-11(2,3)19-8-6-5-7(15(17)18)9(13-8)10(12)14-16/h5-6,16H,4H2,1-3H3,(H2,12,14). The molecule has 0 bridgehead atoms. The van der Waals surface area contributed by atoms with E-state index in [1.165, 1.54) is 12.1 Å². The Morgan fingerprint density at radius 3 is 2.74 bits per heavy atom. The Morgan fingerprint density at radius 2 is 2.26 bits per heavy atom. The number of nitro groups is 1. The van der Waals surface area contributed by atoms with E-state index in [0.29, 0.717) is 0 Å². The lowest BCUT2D eigenvalue weighted by atomic mass is 10.1. The van der Waals surface area contributed by atoms with Crippen molar-refractivity contribution in [3.05, 3.63) is 27.9 Å². The van der Waals surface area contributed by atoms with Crippen molar-refractivity contribution in [1.82, 2.24) is 4.98 Å². The molecule has 0 fully saturated rings. The van der Waals surface area contributed by atoms with Crippen LogP contribution in [0.4, 0.5) is 5.69 Å². The molecule has 0 aromatic carbocycles. The second-order valence-corrected chi connectivity index (χ2v) is 4.47. The number of ether oxygens (including phenoxy) is 1. The van der Waals surface area contributed by atoms with Gasteiger partial charge in [-0.3, -0.25) is 10.1 Å². The first-order chi connectivity index (χ1) is 8.80. The van der Waals surface area contributed by atoms with Gasteiger partial charge in [-0.2, -0.15) is 0 Å². The molecule has 104 valence electrons. The van der Waals surface area contributed by atoms with E-state index in [0.717, 1.165) is 6.42 Å². The van der Waals surface area contributed by atoms with Gasteiger partial charge in [0.1, 0.15) is 5.60 Å². The van der Waals surface area contributed by atoms with E-state index in [-0.39, 0.29) is 17.3 Å². The topological polar surface area (TPSA) is 124 Å². The third-order valence-corrected chi connectivity index (χ3v) is 2.63. The van der Waals surface area contributed by atoms with Crippen molar-refractivity contribution in [3.63, 3.8) is 0 Å². The van der Waals surface area contributed by atoms with Crippen LogP contribution in [0.3, 0.4) is 0 Å². The van der Waals surface area contributed by atoms with Gasteiger partial charge < -0.3 is 15.7 Å². The molecule has 1 aromatic heterocycles. The Bertz CT molecular complexity index is 513. The number of rotatable bonds is 5. The van der Waals surface area contributed by atoms with Crippen LogP contribution in [-0.4, -0.2) is 26.6 Å². The van der Waals surface area contributed by atoms with Crippen LogP contribution in [0.25, 0.3) is 0 Å². The van der Waals surface area contributed by atoms with Crippen molar-refractivity contribution in [2.75, 3.05) is 0 Å². The lowest BCUT2D eigenvalue weighted by molar-refractivity contribution is -0.385. The summed E-state index contributed by atoms with van der Waals surface area (Å²) in [6.45, 7) is 5.66. The normalized spacial score (nSPS) is 12.3. The highest BCUT2D eigenvalue weighted by Crippen LogP contribution is 2.24. The zero-order valence-electron chi connectivity index (χ0n) is 11.0. The Balaban J connectivity index is 3.23. The van der Waals surface area contributed by atoms with Crippen LogP contribution in [-0.2, 0) is 0 Å². The van der Waals surface area contributed by atoms with Gasteiger partial charge in [-0.25, -0.2) is 4.98 Å². The molecule has 0 saturated carbocycles. The predicted molar refractivity (Wildman–Crippen MR) is 68.4 cm³/mol. The smallest absolute Gasteiger partial charge is 0.299 e. The highest BCUT2D eigenvalue weighted by atomic mass is 16.6. The molecular formula is C11H16N4O4. The Kier molecular flexibility index (Phi) is 4.26. The minimum atomic E-state index is -0.658. The molecular weight excluding hydrogens is 252 g/mol. The third-order valence-electron chi connectivity index (χ3n) is 2.63. The summed E-state index contributed by atoms with van der Waals surface area (Å²) < 4.78 is 5.60. The van der Waals surface area contributed by atoms with E-state index in [1.54, 1.807) is 0 Å². The van der Waals surface area contributed by atoms with Gasteiger partial charge in [0.05, 0.1) is 4.92 Å². The molecule has 8 nitrogen and oxygen atoms in total. The minimum absolute atomic E-state index is 0.180. The van der Waals surface area contributed by atoms with Gasteiger partial charge in [-0.1, -0.05) is 12.1 Å². The number of pyridine rings is 1. The Morgan fingerprint density at radius 1 is 1.63 bits per heavy atom. The second-order valence-electron chi connectivity index (χ2n) is 4.47. The van der Waals surface area contributed by atoms with Crippen molar-refractivity contribution in [1.29, 1.82) is 0 Å². The number of oxime groups is 1. The van der Waals surface area contributed by atoms with Crippen LogP contribution in [0.2, 0.25) is 0 Å². The molecule has 19 heavy (non-hydrogen) atoms. The van der Waals surface area contributed by atoms with Crippen LogP contribution in [0.1, 0.15) is 32.9 Å². The van der Waals surface area contributed by atoms with Crippen molar-refractivity contribution in [3.8, 4) is 5.88 Å². The SMILES string of the molecule is CCC(C)(C)Oc1ccc([N+](=O)[O-])c(/C(N)=N/O)n1. The summed E-state index contributed by atoms with van der Waals surface area (Å²) >= 11 is 0. The first-order valence-corrected chi connectivity index (χ1v) is 5.63. The lowest BCUT2D eigenvalue weighted by Gasteiger charge is -2.24. The fraction of sp³-hybridized carbons (Fsp3) is 0.455. The summed E-state index contributed by atoms with van der Waals surface area (Å²) in [4.78, 5) is 14.1. The van der Waals surface area contributed by atoms with Crippen molar-refractivity contribution < 1.29 is 14.9 Å². The number of hydrogen-bond acceptors (Lipinski definition) is 6. The number of amidine groups is 1. The minimum Gasteiger partial charge on any atom is -0.472 e. The van der Waals surface area contributed by atoms with Gasteiger partial charge in [0.2, 0.25) is 5.88 Å². The van der Waals surface area contributed by atoms with E-state index >= 15 is 0 Å². The highest BCUT2D eigenvalue weighted by Gasteiger charge is 2.23. The van der Waals surface area contributed by atoms with Crippen LogP contribution >= 0.6 is 0 Å². The van der Waals surface area contributed by atoms with Crippen molar-refractivity contribution >= 4 is 11.5 Å². The zero-order chi connectivity index (χ0) is 14.6. The number of nitrogens with zero attached hydrogens (tertiary/aromatic N) is 3. The van der Waals surface area contributed by atoms with Crippen molar-refractivity contribution in [2.24, 2.45) is 10.9 Å². The average Bonchev–Trinajstić information content (AvgIpc) is 2.37.